The lowest BCUT2D eigenvalue weighted by atomic mass is 10.1. The molecule has 0 unspecified atom stereocenters. The summed E-state index contributed by atoms with van der Waals surface area (Å²) in [6.45, 7) is 4.96. The summed E-state index contributed by atoms with van der Waals surface area (Å²) in [7, 11) is 0. The fraction of sp³-hybridized carbons (Fsp3) is 0.273. The largest absolute Gasteiger partial charge is 0.494 e. The number of thiazole rings is 1. The molecule has 3 rings (SSSR count). The molecule has 1 amide bonds. The van der Waals surface area contributed by atoms with E-state index in [4.69, 9.17) is 4.74 Å². The lowest BCUT2D eigenvalue weighted by Gasteiger charge is -2.06. The molecule has 5 heteroatoms. The van der Waals surface area contributed by atoms with Crippen LogP contribution in [0.2, 0.25) is 0 Å². The maximum atomic E-state index is 12.4. The number of hydrogen-bond donors (Lipinski definition) is 1. The van der Waals surface area contributed by atoms with Gasteiger partial charge in [-0.15, -0.1) is 11.3 Å². The van der Waals surface area contributed by atoms with Gasteiger partial charge in [0.2, 0.25) is 0 Å². The normalized spacial score (nSPS) is 10.6. The first-order chi connectivity index (χ1) is 13.2. The van der Waals surface area contributed by atoms with Gasteiger partial charge in [0.15, 0.2) is 5.13 Å². The van der Waals surface area contributed by atoms with Gasteiger partial charge < -0.3 is 4.74 Å². The van der Waals surface area contributed by atoms with E-state index in [0.717, 1.165) is 36.3 Å². The second-order valence-corrected chi connectivity index (χ2v) is 7.13. The average molecular weight is 381 g/mol. The minimum Gasteiger partial charge on any atom is -0.494 e. The number of carbonyl (C=O) groups is 1. The van der Waals surface area contributed by atoms with Crippen molar-refractivity contribution in [3.63, 3.8) is 0 Å². The summed E-state index contributed by atoms with van der Waals surface area (Å²) in [6, 6.07) is 15.5. The first-order valence-electron chi connectivity index (χ1n) is 9.28. The number of unbranched alkanes of at least 4 members (excludes halogenated alkanes) is 1. The molecule has 3 aromatic rings. The third-order valence-electron chi connectivity index (χ3n) is 4.27. The number of ether oxygens (including phenoxy) is 1. The van der Waals surface area contributed by atoms with Gasteiger partial charge in [-0.05, 0) is 42.7 Å². The standard InChI is InChI=1S/C22H24N2O2S/c1-3-5-14-26-19-12-10-18(11-13-19)21(25)24-22-23-20(15-27-22)17-8-6-16(4-2)7-9-17/h6-13,15H,3-5,14H2,1-2H3,(H,23,24,25). The Morgan fingerprint density at radius 2 is 1.81 bits per heavy atom. The first-order valence-corrected chi connectivity index (χ1v) is 10.2. The number of aromatic nitrogens is 1. The van der Waals surface area contributed by atoms with Crippen molar-refractivity contribution in [2.24, 2.45) is 0 Å². The number of carbonyl (C=O) groups excluding carboxylic acids is 1. The van der Waals surface area contributed by atoms with E-state index in [0.29, 0.717) is 17.3 Å². The Hall–Kier alpha value is -2.66. The molecule has 0 aliphatic heterocycles. The Balaban J connectivity index is 1.61. The number of nitrogens with one attached hydrogen (secondary N) is 1. The molecule has 140 valence electrons. The van der Waals surface area contributed by atoms with Crippen LogP contribution in [-0.4, -0.2) is 17.5 Å². The highest BCUT2D eigenvalue weighted by atomic mass is 32.1. The molecule has 0 saturated heterocycles. The van der Waals surface area contributed by atoms with Crippen molar-refractivity contribution in [2.45, 2.75) is 33.1 Å². The van der Waals surface area contributed by atoms with E-state index in [-0.39, 0.29) is 5.91 Å². The van der Waals surface area contributed by atoms with Crippen LogP contribution in [0.25, 0.3) is 11.3 Å². The fourth-order valence-corrected chi connectivity index (χ4v) is 3.30. The van der Waals surface area contributed by atoms with E-state index < -0.39 is 0 Å². The van der Waals surface area contributed by atoms with Crippen molar-refractivity contribution >= 4 is 22.4 Å². The van der Waals surface area contributed by atoms with E-state index in [1.165, 1.54) is 16.9 Å². The van der Waals surface area contributed by atoms with Crippen molar-refractivity contribution < 1.29 is 9.53 Å². The highest BCUT2D eigenvalue weighted by Gasteiger charge is 2.10. The molecule has 0 fully saturated rings. The number of rotatable bonds is 8. The highest BCUT2D eigenvalue weighted by molar-refractivity contribution is 7.14. The van der Waals surface area contributed by atoms with Crippen molar-refractivity contribution in [3.05, 3.63) is 65.0 Å². The SMILES string of the molecule is CCCCOc1ccc(C(=O)Nc2nc(-c3ccc(CC)cc3)cs2)cc1. The van der Waals surface area contributed by atoms with Gasteiger partial charge in [-0.25, -0.2) is 4.98 Å². The van der Waals surface area contributed by atoms with Crippen LogP contribution in [0, 0.1) is 0 Å². The minimum atomic E-state index is -0.169. The summed E-state index contributed by atoms with van der Waals surface area (Å²) in [4.78, 5) is 17.0. The van der Waals surface area contributed by atoms with Gasteiger partial charge in [0.1, 0.15) is 5.75 Å². The van der Waals surface area contributed by atoms with Gasteiger partial charge in [-0.3, -0.25) is 10.1 Å². The minimum absolute atomic E-state index is 0.169. The van der Waals surface area contributed by atoms with Crippen molar-refractivity contribution in [1.29, 1.82) is 0 Å². The Bertz CT molecular complexity index is 870. The summed E-state index contributed by atoms with van der Waals surface area (Å²) in [5.41, 5.74) is 3.81. The van der Waals surface area contributed by atoms with Crippen LogP contribution in [0.1, 0.15) is 42.6 Å². The number of aryl methyl sites for hydroxylation is 1. The Morgan fingerprint density at radius 3 is 2.48 bits per heavy atom. The monoisotopic (exact) mass is 380 g/mol. The maximum absolute atomic E-state index is 12.4. The van der Waals surface area contributed by atoms with E-state index in [9.17, 15) is 4.79 Å². The zero-order chi connectivity index (χ0) is 19.1. The van der Waals surface area contributed by atoms with Gasteiger partial charge in [0, 0.05) is 16.5 Å². The third kappa shape index (κ3) is 5.17. The van der Waals surface area contributed by atoms with Crippen LogP contribution < -0.4 is 10.1 Å². The lowest BCUT2D eigenvalue weighted by Crippen LogP contribution is -2.11. The first kappa shape index (κ1) is 19.1. The van der Waals surface area contributed by atoms with Gasteiger partial charge in [-0.2, -0.15) is 0 Å². The number of nitrogens with zero attached hydrogens (tertiary/aromatic N) is 1. The van der Waals surface area contributed by atoms with Gasteiger partial charge in [0.25, 0.3) is 5.91 Å². The molecular formula is C22H24N2O2S. The molecule has 0 radical (unpaired) electrons. The molecule has 1 N–H and O–H groups in total. The molecular weight excluding hydrogens is 356 g/mol. The maximum Gasteiger partial charge on any atom is 0.257 e. The van der Waals surface area contributed by atoms with Crippen molar-refractivity contribution in [3.8, 4) is 17.0 Å². The van der Waals surface area contributed by atoms with Gasteiger partial charge in [-0.1, -0.05) is 44.5 Å². The molecule has 0 saturated carbocycles. The van der Waals surface area contributed by atoms with Crippen molar-refractivity contribution in [1.82, 2.24) is 4.98 Å². The molecule has 0 aliphatic rings. The summed E-state index contributed by atoms with van der Waals surface area (Å²) < 4.78 is 5.63. The van der Waals surface area contributed by atoms with E-state index >= 15 is 0 Å². The van der Waals surface area contributed by atoms with Crippen LogP contribution in [0.5, 0.6) is 5.75 Å². The molecule has 1 aromatic heterocycles. The van der Waals surface area contributed by atoms with Crippen molar-refractivity contribution in [2.75, 3.05) is 11.9 Å². The second-order valence-electron chi connectivity index (χ2n) is 6.27. The molecule has 4 nitrogen and oxygen atoms in total. The molecule has 27 heavy (non-hydrogen) atoms. The van der Waals surface area contributed by atoms with Crippen LogP contribution in [0.3, 0.4) is 0 Å². The van der Waals surface area contributed by atoms with Crippen LogP contribution in [-0.2, 0) is 6.42 Å². The average Bonchev–Trinajstić information content (AvgIpc) is 3.17. The summed E-state index contributed by atoms with van der Waals surface area (Å²) in [5.74, 6) is 0.615. The zero-order valence-corrected chi connectivity index (χ0v) is 16.5. The molecule has 0 aliphatic carbocycles. The molecule has 0 spiro atoms. The number of amides is 1. The quantitative estimate of drug-likeness (QED) is 0.502. The van der Waals surface area contributed by atoms with Gasteiger partial charge in [0.05, 0.1) is 12.3 Å². The smallest absolute Gasteiger partial charge is 0.257 e. The molecule has 2 aromatic carbocycles. The Labute approximate surface area is 164 Å². The van der Waals surface area contributed by atoms with E-state index in [1.54, 1.807) is 12.1 Å². The number of hydrogen-bond acceptors (Lipinski definition) is 4. The second kappa shape index (κ2) is 9.33. The molecule has 1 heterocycles. The molecule has 0 atom stereocenters. The predicted molar refractivity (Wildman–Crippen MR) is 112 cm³/mol. The van der Waals surface area contributed by atoms with Gasteiger partial charge >= 0.3 is 0 Å². The van der Waals surface area contributed by atoms with E-state index in [1.807, 2.05) is 17.5 Å². The predicted octanol–water partition coefficient (Wildman–Crippen LogP) is 5.80. The molecule has 0 bridgehead atoms. The zero-order valence-electron chi connectivity index (χ0n) is 15.7. The fourth-order valence-electron chi connectivity index (χ4n) is 2.58. The Morgan fingerprint density at radius 1 is 1.07 bits per heavy atom. The van der Waals surface area contributed by atoms with Crippen LogP contribution in [0.4, 0.5) is 5.13 Å². The summed E-state index contributed by atoms with van der Waals surface area (Å²) in [6.07, 6.45) is 3.13. The van der Waals surface area contributed by atoms with Crippen LogP contribution in [0.15, 0.2) is 53.9 Å². The summed E-state index contributed by atoms with van der Waals surface area (Å²) in [5, 5.41) is 5.43. The third-order valence-corrected chi connectivity index (χ3v) is 5.02. The topological polar surface area (TPSA) is 51.2 Å². The van der Waals surface area contributed by atoms with E-state index in [2.05, 4.69) is 48.4 Å². The summed E-state index contributed by atoms with van der Waals surface area (Å²) >= 11 is 1.43. The number of benzene rings is 2. The Kier molecular flexibility index (Phi) is 6.60. The lowest BCUT2D eigenvalue weighted by molar-refractivity contribution is 0.102. The number of anilines is 1. The van der Waals surface area contributed by atoms with Crippen LogP contribution >= 0.6 is 11.3 Å². The highest BCUT2D eigenvalue weighted by Crippen LogP contribution is 2.25.